The Hall–Kier alpha value is -1.53. The van der Waals surface area contributed by atoms with E-state index in [0.717, 1.165) is 5.56 Å². The molecule has 4 nitrogen and oxygen atoms in total. The molecule has 3 atom stereocenters. The second-order valence-electron chi connectivity index (χ2n) is 6.78. The van der Waals surface area contributed by atoms with Crippen LogP contribution in [0.3, 0.4) is 0 Å². The Morgan fingerprint density at radius 3 is 2.67 bits per heavy atom. The van der Waals surface area contributed by atoms with Crippen LogP contribution in [0.1, 0.15) is 32.3 Å². The van der Waals surface area contributed by atoms with Crippen molar-refractivity contribution in [3.8, 4) is 0 Å². The van der Waals surface area contributed by atoms with E-state index in [1.807, 2.05) is 35.2 Å². The number of benzene rings is 1. The van der Waals surface area contributed by atoms with Gasteiger partial charge in [-0.05, 0) is 25.8 Å². The van der Waals surface area contributed by atoms with Gasteiger partial charge < -0.3 is 10.4 Å². The topological polar surface area (TPSA) is 52.6 Å². The third-order valence-electron chi connectivity index (χ3n) is 4.36. The van der Waals surface area contributed by atoms with E-state index in [1.165, 1.54) is 0 Å². The van der Waals surface area contributed by atoms with Crippen molar-refractivity contribution in [1.82, 2.24) is 10.2 Å². The molecule has 1 saturated heterocycles. The second kappa shape index (κ2) is 8.03. The standard InChI is InChI=1S/C18H26F2N2O2/c1-13(10-14(2)23)21-17(24)16-12-22(9-8-18(16,19)20)11-15-6-4-3-5-7-15/h3-7,13-14,16,23H,8-12H2,1-2H3,(H,21,24). The normalized spacial score (nSPS) is 23.5. The Morgan fingerprint density at radius 1 is 1.38 bits per heavy atom. The Kier molecular flexibility index (Phi) is 6.29. The van der Waals surface area contributed by atoms with Crippen LogP contribution in [0.15, 0.2) is 30.3 Å². The Bertz CT molecular complexity index is 537. The molecule has 1 fully saturated rings. The molecule has 1 aliphatic heterocycles. The molecule has 0 bridgehead atoms. The highest BCUT2D eigenvalue weighted by Gasteiger charge is 2.48. The van der Waals surface area contributed by atoms with Gasteiger partial charge in [0.1, 0.15) is 5.92 Å². The molecule has 0 radical (unpaired) electrons. The number of hydrogen-bond acceptors (Lipinski definition) is 3. The summed E-state index contributed by atoms with van der Waals surface area (Å²) in [5.41, 5.74) is 1.05. The van der Waals surface area contributed by atoms with Gasteiger partial charge in [0.2, 0.25) is 5.91 Å². The molecule has 0 aromatic heterocycles. The van der Waals surface area contributed by atoms with Crippen molar-refractivity contribution in [2.45, 2.75) is 51.3 Å². The van der Waals surface area contributed by atoms with Gasteiger partial charge in [-0.25, -0.2) is 8.78 Å². The zero-order chi connectivity index (χ0) is 17.7. The summed E-state index contributed by atoms with van der Waals surface area (Å²) >= 11 is 0. The molecule has 1 aromatic carbocycles. The molecule has 0 saturated carbocycles. The highest BCUT2D eigenvalue weighted by Crippen LogP contribution is 2.34. The van der Waals surface area contributed by atoms with Gasteiger partial charge in [-0.1, -0.05) is 30.3 Å². The highest BCUT2D eigenvalue weighted by atomic mass is 19.3. The average Bonchev–Trinajstić information content (AvgIpc) is 2.49. The summed E-state index contributed by atoms with van der Waals surface area (Å²) < 4.78 is 28.4. The largest absolute Gasteiger partial charge is 0.393 e. The number of carbonyl (C=O) groups is 1. The fourth-order valence-electron chi connectivity index (χ4n) is 3.14. The van der Waals surface area contributed by atoms with E-state index < -0.39 is 23.9 Å². The van der Waals surface area contributed by atoms with Crippen molar-refractivity contribution in [2.75, 3.05) is 13.1 Å². The number of amides is 1. The smallest absolute Gasteiger partial charge is 0.262 e. The number of nitrogens with one attached hydrogen (secondary N) is 1. The number of piperidine rings is 1. The van der Waals surface area contributed by atoms with Gasteiger partial charge in [-0.15, -0.1) is 0 Å². The molecule has 24 heavy (non-hydrogen) atoms. The van der Waals surface area contributed by atoms with E-state index in [-0.39, 0.29) is 25.6 Å². The fraction of sp³-hybridized carbons (Fsp3) is 0.611. The van der Waals surface area contributed by atoms with Gasteiger partial charge in [0.25, 0.3) is 5.92 Å². The molecule has 0 spiro atoms. The zero-order valence-corrected chi connectivity index (χ0v) is 14.2. The lowest BCUT2D eigenvalue weighted by Gasteiger charge is -2.38. The summed E-state index contributed by atoms with van der Waals surface area (Å²) in [6.07, 6.45) is -0.553. The van der Waals surface area contributed by atoms with Crippen molar-refractivity contribution >= 4 is 5.91 Å². The molecule has 1 aliphatic rings. The Balaban J connectivity index is 1.98. The number of hydrogen-bond donors (Lipinski definition) is 2. The first kappa shape index (κ1) is 18.8. The number of aliphatic hydroxyl groups excluding tert-OH is 1. The summed E-state index contributed by atoms with van der Waals surface area (Å²) in [5, 5.41) is 12.0. The van der Waals surface area contributed by atoms with Crippen LogP contribution in [0.5, 0.6) is 0 Å². The van der Waals surface area contributed by atoms with E-state index in [2.05, 4.69) is 5.32 Å². The number of likely N-dealkylation sites (tertiary alicyclic amines) is 1. The number of carbonyl (C=O) groups excluding carboxylic acids is 1. The fourth-order valence-corrected chi connectivity index (χ4v) is 3.14. The third kappa shape index (κ3) is 5.24. The molecular weight excluding hydrogens is 314 g/mol. The third-order valence-corrected chi connectivity index (χ3v) is 4.36. The summed E-state index contributed by atoms with van der Waals surface area (Å²) in [7, 11) is 0. The number of alkyl halides is 2. The lowest BCUT2D eigenvalue weighted by atomic mass is 9.91. The molecule has 6 heteroatoms. The van der Waals surface area contributed by atoms with Crippen LogP contribution in [0.25, 0.3) is 0 Å². The van der Waals surface area contributed by atoms with Crippen LogP contribution >= 0.6 is 0 Å². The van der Waals surface area contributed by atoms with Crippen LogP contribution in [-0.4, -0.2) is 47.1 Å². The number of nitrogens with zero attached hydrogens (tertiary/aromatic N) is 1. The first-order valence-corrected chi connectivity index (χ1v) is 8.40. The van der Waals surface area contributed by atoms with Crippen LogP contribution in [-0.2, 0) is 11.3 Å². The van der Waals surface area contributed by atoms with E-state index in [4.69, 9.17) is 0 Å². The van der Waals surface area contributed by atoms with Gasteiger partial charge in [0.05, 0.1) is 6.10 Å². The van der Waals surface area contributed by atoms with Gasteiger partial charge in [-0.3, -0.25) is 9.69 Å². The van der Waals surface area contributed by atoms with Gasteiger partial charge in [0, 0.05) is 32.1 Å². The molecule has 3 unspecified atom stereocenters. The lowest BCUT2D eigenvalue weighted by molar-refractivity contribution is -0.151. The second-order valence-corrected chi connectivity index (χ2v) is 6.78. The maximum atomic E-state index is 14.2. The van der Waals surface area contributed by atoms with Crippen LogP contribution < -0.4 is 5.32 Å². The minimum Gasteiger partial charge on any atom is -0.393 e. The number of halogens is 2. The molecule has 1 amide bonds. The molecular formula is C18H26F2N2O2. The van der Waals surface area contributed by atoms with E-state index in [0.29, 0.717) is 13.0 Å². The molecule has 2 rings (SSSR count). The number of rotatable bonds is 6. The average molecular weight is 340 g/mol. The molecule has 2 N–H and O–H groups in total. The molecule has 1 aromatic rings. The van der Waals surface area contributed by atoms with Gasteiger partial charge >= 0.3 is 0 Å². The predicted molar refractivity (Wildman–Crippen MR) is 88.7 cm³/mol. The Labute approximate surface area is 141 Å². The maximum absolute atomic E-state index is 14.2. The van der Waals surface area contributed by atoms with E-state index >= 15 is 0 Å². The van der Waals surface area contributed by atoms with Gasteiger partial charge in [-0.2, -0.15) is 0 Å². The summed E-state index contributed by atoms with van der Waals surface area (Å²) in [5.74, 6) is -4.99. The minimum atomic E-state index is -3.00. The summed E-state index contributed by atoms with van der Waals surface area (Å²) in [6, 6.07) is 9.30. The predicted octanol–water partition coefficient (Wildman–Crippen LogP) is 2.42. The van der Waals surface area contributed by atoms with E-state index in [9.17, 15) is 18.7 Å². The van der Waals surface area contributed by atoms with Crippen LogP contribution in [0.4, 0.5) is 8.78 Å². The molecule has 134 valence electrons. The van der Waals surface area contributed by atoms with Gasteiger partial charge in [0.15, 0.2) is 0 Å². The molecule has 0 aliphatic carbocycles. The van der Waals surface area contributed by atoms with Crippen molar-refractivity contribution in [3.63, 3.8) is 0 Å². The van der Waals surface area contributed by atoms with Crippen LogP contribution in [0, 0.1) is 5.92 Å². The monoisotopic (exact) mass is 340 g/mol. The van der Waals surface area contributed by atoms with Crippen molar-refractivity contribution in [2.24, 2.45) is 5.92 Å². The first-order valence-electron chi connectivity index (χ1n) is 8.40. The van der Waals surface area contributed by atoms with E-state index in [1.54, 1.807) is 13.8 Å². The van der Waals surface area contributed by atoms with Crippen LogP contribution in [0.2, 0.25) is 0 Å². The van der Waals surface area contributed by atoms with Crippen molar-refractivity contribution in [1.29, 1.82) is 0 Å². The van der Waals surface area contributed by atoms with Crippen molar-refractivity contribution in [3.05, 3.63) is 35.9 Å². The highest BCUT2D eigenvalue weighted by molar-refractivity contribution is 5.80. The first-order chi connectivity index (χ1) is 11.3. The summed E-state index contributed by atoms with van der Waals surface area (Å²) in [6.45, 7) is 4.20. The minimum absolute atomic E-state index is 0.0368. The molecule has 1 heterocycles. The maximum Gasteiger partial charge on any atom is 0.262 e. The lowest BCUT2D eigenvalue weighted by Crippen LogP contribution is -2.54. The summed E-state index contributed by atoms with van der Waals surface area (Å²) in [4.78, 5) is 14.2. The van der Waals surface area contributed by atoms with Crippen molar-refractivity contribution < 1.29 is 18.7 Å². The zero-order valence-electron chi connectivity index (χ0n) is 14.2. The number of aliphatic hydroxyl groups is 1. The Morgan fingerprint density at radius 2 is 2.04 bits per heavy atom. The quantitative estimate of drug-likeness (QED) is 0.836. The SMILES string of the molecule is CC(O)CC(C)NC(=O)C1CN(Cc2ccccc2)CCC1(F)F.